The van der Waals surface area contributed by atoms with E-state index in [0.717, 1.165) is 23.1 Å². The Bertz CT molecular complexity index is 1750. The number of nitrogens with zero attached hydrogens (tertiary/aromatic N) is 4. The average molecular weight is 578 g/mol. The Morgan fingerprint density at radius 1 is 1.00 bits per heavy atom. The molecule has 5 rings (SSSR count). The second kappa shape index (κ2) is 11.4. The first-order valence-corrected chi connectivity index (χ1v) is 12.5. The van der Waals surface area contributed by atoms with Crippen LogP contribution in [0.2, 0.25) is 0 Å². The Kier molecular flexibility index (Phi) is 7.60. The summed E-state index contributed by atoms with van der Waals surface area (Å²) in [5.74, 6) is -4.51. The number of hydrogen-bond donors (Lipinski definition) is 2. The largest absolute Gasteiger partial charge is 0.505 e. The third-order valence-corrected chi connectivity index (χ3v) is 6.28. The second-order valence-electron chi connectivity index (χ2n) is 8.95. The molecule has 2 N–H and O–H groups in total. The molecule has 2 aromatic carbocycles. The second-order valence-corrected chi connectivity index (χ2v) is 8.95. The molecule has 0 saturated heterocycles. The number of imide groups is 1. The normalized spacial score (nSPS) is 14.9. The summed E-state index contributed by atoms with van der Waals surface area (Å²) in [7, 11) is 1.21. The topological polar surface area (TPSA) is 134 Å². The standard InChI is InChI=1S/C28H22F2N6O6/c1-3-34-15-20(26(38)36(28(34)40)19-7-4-16(29)5-8-19)25(37)32-17-6-9-23(21(30)12-17)42-24-13-18(33-27(39)41-2)14-35-22(24)10-11-31-35/h4-15,20H,3H2,1-2H3,(H-,32,33,37,39)/p+1. The molecule has 3 heterocycles. The third-order valence-electron chi connectivity index (χ3n) is 6.28. The van der Waals surface area contributed by atoms with Gasteiger partial charge < -0.3 is 14.8 Å². The van der Waals surface area contributed by atoms with Gasteiger partial charge in [0.25, 0.3) is 0 Å². The molecular weight excluding hydrogens is 554 g/mol. The Morgan fingerprint density at radius 3 is 2.45 bits per heavy atom. The number of aromatic nitrogens is 2. The summed E-state index contributed by atoms with van der Waals surface area (Å²) in [6.07, 6.45) is 3.48. The van der Waals surface area contributed by atoms with Gasteiger partial charge in [0.15, 0.2) is 23.2 Å². The minimum absolute atomic E-state index is 0.0231. The number of rotatable bonds is 7. The number of carbonyl (C=O) groups is 4. The van der Waals surface area contributed by atoms with Crippen molar-refractivity contribution in [1.82, 2.24) is 9.61 Å². The molecule has 214 valence electrons. The van der Waals surface area contributed by atoms with Crippen LogP contribution in [0, 0.1) is 17.6 Å². The minimum atomic E-state index is -1.42. The first-order chi connectivity index (χ1) is 20.2. The van der Waals surface area contributed by atoms with Gasteiger partial charge in [0.05, 0.1) is 38.0 Å². The lowest BCUT2D eigenvalue weighted by atomic mass is 10.1. The van der Waals surface area contributed by atoms with Gasteiger partial charge in [-0.05, 0) is 49.4 Å². The maximum Gasteiger partial charge on any atom is 0.505 e. The molecule has 2 aromatic heterocycles. The summed E-state index contributed by atoms with van der Waals surface area (Å²) in [6, 6.07) is 10.7. The van der Waals surface area contributed by atoms with Gasteiger partial charge >= 0.3 is 18.0 Å². The molecular formula is C28H23F2N6O6+. The lowest BCUT2D eigenvalue weighted by Crippen LogP contribution is -2.54. The zero-order chi connectivity index (χ0) is 30.0. The molecule has 12 nitrogen and oxygen atoms in total. The number of pyridine rings is 1. The number of nitrogens with one attached hydrogen (secondary N) is 2. The van der Waals surface area contributed by atoms with E-state index >= 15 is 4.39 Å². The first-order valence-electron chi connectivity index (χ1n) is 12.5. The monoisotopic (exact) mass is 577 g/mol. The fraction of sp³-hybridized carbons (Fsp3) is 0.143. The highest BCUT2D eigenvalue weighted by Crippen LogP contribution is 2.32. The van der Waals surface area contributed by atoms with Crippen LogP contribution in [0.1, 0.15) is 6.92 Å². The lowest BCUT2D eigenvalue weighted by Gasteiger charge is -2.22. The zero-order valence-electron chi connectivity index (χ0n) is 22.2. The van der Waals surface area contributed by atoms with E-state index < -0.39 is 41.5 Å². The van der Waals surface area contributed by atoms with Crippen molar-refractivity contribution < 1.29 is 42.0 Å². The number of anilines is 3. The van der Waals surface area contributed by atoms with E-state index in [0.29, 0.717) is 5.52 Å². The first kappa shape index (κ1) is 27.9. The van der Waals surface area contributed by atoms with Crippen LogP contribution in [0.3, 0.4) is 0 Å². The molecule has 0 fully saturated rings. The van der Waals surface area contributed by atoms with Gasteiger partial charge in [0, 0.05) is 17.8 Å². The van der Waals surface area contributed by atoms with Crippen LogP contribution in [0.4, 0.5) is 35.4 Å². The highest BCUT2D eigenvalue weighted by molar-refractivity contribution is 6.28. The highest BCUT2D eigenvalue weighted by atomic mass is 19.1. The number of amides is 5. The average Bonchev–Trinajstić information content (AvgIpc) is 3.44. The molecule has 0 bridgehead atoms. The van der Waals surface area contributed by atoms with Crippen LogP contribution < -0.4 is 20.3 Å². The Morgan fingerprint density at radius 2 is 1.76 bits per heavy atom. The van der Waals surface area contributed by atoms with Crippen LogP contribution in [0.5, 0.6) is 11.5 Å². The van der Waals surface area contributed by atoms with Gasteiger partial charge in [0.1, 0.15) is 17.0 Å². The van der Waals surface area contributed by atoms with Gasteiger partial charge in [-0.15, -0.1) is 4.90 Å². The number of hydrogen-bond acceptors (Lipinski definition) is 7. The van der Waals surface area contributed by atoms with Gasteiger partial charge in [-0.3, -0.25) is 10.1 Å². The van der Waals surface area contributed by atoms with E-state index in [1.165, 1.54) is 65.1 Å². The summed E-state index contributed by atoms with van der Waals surface area (Å²) in [6.45, 7) is 1.82. The van der Waals surface area contributed by atoms with Crippen molar-refractivity contribution >= 4 is 52.7 Å². The maximum absolute atomic E-state index is 15.1. The molecule has 0 spiro atoms. The van der Waals surface area contributed by atoms with Crippen molar-refractivity contribution in [2.24, 2.45) is 5.92 Å². The van der Waals surface area contributed by atoms with Crippen molar-refractivity contribution in [3.05, 3.63) is 78.6 Å². The Balaban J connectivity index is 1.36. The molecule has 0 saturated carbocycles. The molecule has 1 aliphatic rings. The van der Waals surface area contributed by atoms with Crippen LogP contribution >= 0.6 is 0 Å². The SMILES string of the molecule is CC[N+]1=CC(C(=O)Nc2ccc(Oc3cc(NC(=O)OC)cn4nccc34)c(F)c2)C(=O)N(c2ccc(F)cc2)C1=O. The van der Waals surface area contributed by atoms with Crippen LogP contribution in [-0.4, -0.2) is 58.0 Å². The van der Waals surface area contributed by atoms with Crippen LogP contribution in [0.25, 0.3) is 5.52 Å². The summed E-state index contributed by atoms with van der Waals surface area (Å²) in [5.41, 5.74) is 0.880. The number of carbonyl (C=O) groups excluding carboxylic acids is 4. The quantitative estimate of drug-likeness (QED) is 0.246. The number of urea groups is 1. The maximum atomic E-state index is 15.1. The fourth-order valence-corrected chi connectivity index (χ4v) is 4.23. The Hall–Kier alpha value is -5.66. The summed E-state index contributed by atoms with van der Waals surface area (Å²) >= 11 is 0. The third kappa shape index (κ3) is 5.50. The summed E-state index contributed by atoms with van der Waals surface area (Å²) in [5, 5.41) is 9.09. The predicted molar refractivity (Wildman–Crippen MR) is 146 cm³/mol. The number of halogens is 2. The predicted octanol–water partition coefficient (Wildman–Crippen LogP) is 4.41. The van der Waals surface area contributed by atoms with Gasteiger partial charge in [-0.1, -0.05) is 0 Å². The fourth-order valence-electron chi connectivity index (χ4n) is 4.23. The van der Waals surface area contributed by atoms with Crippen molar-refractivity contribution in [2.45, 2.75) is 6.92 Å². The number of fused-ring (bicyclic) bond motifs is 1. The van der Waals surface area contributed by atoms with Crippen molar-refractivity contribution in [1.29, 1.82) is 0 Å². The molecule has 5 amide bonds. The zero-order valence-corrected chi connectivity index (χ0v) is 22.2. The number of ether oxygens (including phenoxy) is 2. The smallest absolute Gasteiger partial charge is 0.453 e. The summed E-state index contributed by atoms with van der Waals surface area (Å²) < 4.78 is 41.5. The van der Waals surface area contributed by atoms with E-state index in [2.05, 4.69) is 20.5 Å². The molecule has 4 aromatic rings. The highest BCUT2D eigenvalue weighted by Gasteiger charge is 2.47. The molecule has 1 unspecified atom stereocenters. The molecule has 14 heteroatoms. The molecule has 42 heavy (non-hydrogen) atoms. The van der Waals surface area contributed by atoms with E-state index in [9.17, 15) is 23.6 Å². The van der Waals surface area contributed by atoms with Gasteiger partial charge in [-0.25, -0.2) is 27.5 Å². The number of benzene rings is 2. The molecule has 0 aliphatic carbocycles. The van der Waals surface area contributed by atoms with Crippen LogP contribution in [0.15, 0.2) is 67.0 Å². The molecule has 1 atom stereocenters. The minimum Gasteiger partial charge on any atom is -0.453 e. The van der Waals surface area contributed by atoms with E-state index in [4.69, 9.17) is 4.74 Å². The summed E-state index contributed by atoms with van der Waals surface area (Å²) in [4.78, 5) is 51.6. The van der Waals surface area contributed by atoms with E-state index in [1.807, 2.05) is 0 Å². The Labute approximate surface area is 236 Å². The molecule has 0 radical (unpaired) electrons. The van der Waals surface area contributed by atoms with Gasteiger partial charge in [-0.2, -0.15) is 9.89 Å². The van der Waals surface area contributed by atoms with E-state index in [-0.39, 0.29) is 35.1 Å². The van der Waals surface area contributed by atoms with Gasteiger partial charge in [0.2, 0.25) is 5.91 Å². The van der Waals surface area contributed by atoms with E-state index in [1.54, 1.807) is 13.0 Å². The van der Waals surface area contributed by atoms with Crippen molar-refractivity contribution in [3.63, 3.8) is 0 Å². The van der Waals surface area contributed by atoms with Crippen molar-refractivity contribution in [3.8, 4) is 11.5 Å². The number of methoxy groups -OCH3 is 1. The lowest BCUT2D eigenvalue weighted by molar-refractivity contribution is -0.419. The molecule has 1 aliphatic heterocycles. The van der Waals surface area contributed by atoms with Crippen molar-refractivity contribution in [2.75, 3.05) is 29.2 Å². The van der Waals surface area contributed by atoms with Crippen LogP contribution in [-0.2, 0) is 14.3 Å².